The number of imidazole rings is 1. The second-order valence-electron chi connectivity index (χ2n) is 7.19. The molecule has 4 aromatic rings. The van der Waals surface area contributed by atoms with Crippen molar-refractivity contribution in [2.24, 2.45) is 0 Å². The summed E-state index contributed by atoms with van der Waals surface area (Å²) in [5, 5.41) is 6.35. The van der Waals surface area contributed by atoms with Gasteiger partial charge in [0.05, 0.1) is 35.5 Å². The van der Waals surface area contributed by atoms with Crippen molar-refractivity contribution in [1.82, 2.24) is 24.2 Å². The highest BCUT2D eigenvalue weighted by Crippen LogP contribution is 2.23. The lowest BCUT2D eigenvalue weighted by atomic mass is 10.3. The number of nitrogens with zero attached hydrogens (tertiary/aromatic N) is 4. The van der Waals surface area contributed by atoms with Gasteiger partial charge in [0.2, 0.25) is 16.0 Å². The van der Waals surface area contributed by atoms with E-state index in [9.17, 15) is 8.42 Å². The van der Waals surface area contributed by atoms with Crippen LogP contribution in [0.3, 0.4) is 0 Å². The lowest BCUT2D eigenvalue weighted by Gasteiger charge is -2.26. The van der Waals surface area contributed by atoms with Crippen molar-refractivity contribution in [3.63, 3.8) is 0 Å². The van der Waals surface area contributed by atoms with E-state index in [-0.39, 0.29) is 4.90 Å². The second-order valence-corrected chi connectivity index (χ2v) is 9.13. The number of benzene rings is 2. The van der Waals surface area contributed by atoms with Crippen molar-refractivity contribution in [2.45, 2.75) is 4.90 Å². The van der Waals surface area contributed by atoms with Crippen LogP contribution in [0.4, 0.5) is 23.1 Å². The number of anilines is 4. The van der Waals surface area contributed by atoms with Crippen LogP contribution in [0.25, 0.3) is 11.0 Å². The molecule has 1 aliphatic rings. The Bertz CT molecular complexity index is 1330. The van der Waals surface area contributed by atoms with Gasteiger partial charge in [0.25, 0.3) is 0 Å². The van der Waals surface area contributed by atoms with Gasteiger partial charge in [-0.15, -0.1) is 0 Å². The van der Waals surface area contributed by atoms with E-state index < -0.39 is 10.0 Å². The first kappa shape index (κ1) is 20.4. The number of aromatic nitrogens is 4. The number of nitrogens with one attached hydrogen (secondary N) is 3. The molecule has 32 heavy (non-hydrogen) atoms. The summed E-state index contributed by atoms with van der Waals surface area (Å²) in [7, 11) is -3.53. The van der Waals surface area contributed by atoms with Gasteiger partial charge >= 0.3 is 0 Å². The van der Waals surface area contributed by atoms with Crippen molar-refractivity contribution in [3.8, 4) is 0 Å². The zero-order chi connectivity index (χ0) is 22.0. The SMILES string of the molecule is O=S(=O)(c1ccc(Nc2nccc(Nc3ccc4nc[nH]c4c3)n2)cc1)N1CCOCC1. The van der Waals surface area contributed by atoms with Crippen molar-refractivity contribution in [3.05, 3.63) is 61.1 Å². The van der Waals surface area contributed by atoms with Crippen LogP contribution in [0.2, 0.25) is 0 Å². The van der Waals surface area contributed by atoms with E-state index >= 15 is 0 Å². The topological polar surface area (TPSA) is 125 Å². The molecule has 3 heterocycles. The predicted octanol–water partition coefficient (Wildman–Crippen LogP) is 2.86. The highest BCUT2D eigenvalue weighted by molar-refractivity contribution is 7.89. The Morgan fingerprint density at radius 2 is 1.72 bits per heavy atom. The van der Waals surface area contributed by atoms with Gasteiger partial charge in [-0.1, -0.05) is 0 Å². The molecule has 1 fully saturated rings. The van der Waals surface area contributed by atoms with Crippen LogP contribution in [0.15, 0.2) is 66.0 Å². The highest BCUT2D eigenvalue weighted by Gasteiger charge is 2.26. The zero-order valence-corrected chi connectivity index (χ0v) is 17.8. The summed E-state index contributed by atoms with van der Waals surface area (Å²) >= 11 is 0. The fourth-order valence-electron chi connectivity index (χ4n) is 3.43. The smallest absolute Gasteiger partial charge is 0.243 e. The quantitative estimate of drug-likeness (QED) is 0.409. The summed E-state index contributed by atoms with van der Waals surface area (Å²) < 4.78 is 32.2. The molecule has 5 rings (SSSR count). The molecule has 0 spiro atoms. The number of rotatable bonds is 6. The van der Waals surface area contributed by atoms with Crippen molar-refractivity contribution in [1.29, 1.82) is 0 Å². The first-order chi connectivity index (χ1) is 15.6. The van der Waals surface area contributed by atoms with Gasteiger partial charge in [-0.05, 0) is 48.5 Å². The van der Waals surface area contributed by atoms with Gasteiger partial charge in [0.1, 0.15) is 5.82 Å². The molecule has 1 aliphatic heterocycles. The monoisotopic (exact) mass is 451 g/mol. The number of fused-ring (bicyclic) bond motifs is 1. The van der Waals surface area contributed by atoms with Gasteiger partial charge in [-0.2, -0.15) is 9.29 Å². The molecule has 2 aromatic heterocycles. The molecule has 0 saturated carbocycles. The van der Waals surface area contributed by atoms with Crippen LogP contribution in [-0.2, 0) is 14.8 Å². The molecule has 3 N–H and O–H groups in total. The fraction of sp³-hybridized carbons (Fsp3) is 0.190. The number of H-pyrrole nitrogens is 1. The van der Waals surface area contributed by atoms with Crippen molar-refractivity contribution >= 4 is 44.2 Å². The number of morpholine rings is 1. The maximum absolute atomic E-state index is 12.8. The van der Waals surface area contributed by atoms with Crippen LogP contribution < -0.4 is 10.6 Å². The van der Waals surface area contributed by atoms with Gasteiger partial charge in [0.15, 0.2) is 0 Å². The molecule has 0 amide bonds. The zero-order valence-electron chi connectivity index (χ0n) is 17.0. The van der Waals surface area contributed by atoms with Crippen LogP contribution in [0, 0.1) is 0 Å². The average molecular weight is 452 g/mol. The standard InChI is InChI=1S/C21H21N7O3S/c29-32(30,28-9-11-31-12-10-28)17-4-1-15(2-5-17)26-21-22-8-7-20(27-21)25-16-3-6-18-19(13-16)24-14-23-18/h1-8,13-14H,9-12H2,(H,23,24)(H2,22,25,26,27). The molecule has 2 aromatic carbocycles. The first-order valence-corrected chi connectivity index (χ1v) is 11.5. The number of hydrogen-bond acceptors (Lipinski definition) is 8. The minimum atomic E-state index is -3.53. The van der Waals surface area contributed by atoms with Crippen LogP contribution in [0.1, 0.15) is 0 Å². The van der Waals surface area contributed by atoms with Gasteiger partial charge in [-0.25, -0.2) is 18.4 Å². The molecule has 0 radical (unpaired) electrons. The van der Waals surface area contributed by atoms with Crippen molar-refractivity contribution < 1.29 is 13.2 Å². The third-order valence-electron chi connectivity index (χ3n) is 5.07. The number of hydrogen-bond donors (Lipinski definition) is 3. The predicted molar refractivity (Wildman–Crippen MR) is 121 cm³/mol. The van der Waals surface area contributed by atoms with Crippen LogP contribution >= 0.6 is 0 Å². The highest BCUT2D eigenvalue weighted by atomic mass is 32.2. The molecule has 11 heteroatoms. The second kappa shape index (κ2) is 8.54. The van der Waals surface area contributed by atoms with E-state index in [1.807, 2.05) is 18.2 Å². The Balaban J connectivity index is 1.29. The summed E-state index contributed by atoms with van der Waals surface area (Å²) in [5.41, 5.74) is 3.36. The lowest BCUT2D eigenvalue weighted by Crippen LogP contribution is -2.40. The number of aromatic amines is 1. The Morgan fingerprint density at radius 1 is 0.938 bits per heavy atom. The number of sulfonamides is 1. The minimum absolute atomic E-state index is 0.246. The molecule has 164 valence electrons. The van der Waals surface area contributed by atoms with E-state index in [4.69, 9.17) is 4.74 Å². The Morgan fingerprint density at radius 3 is 2.53 bits per heavy atom. The molecule has 0 bridgehead atoms. The summed E-state index contributed by atoms with van der Waals surface area (Å²) in [6.07, 6.45) is 3.29. The summed E-state index contributed by atoms with van der Waals surface area (Å²) in [5.74, 6) is 1.01. The van der Waals surface area contributed by atoms with E-state index in [1.54, 1.807) is 42.9 Å². The third kappa shape index (κ3) is 4.26. The molecule has 0 unspecified atom stereocenters. The van der Waals surface area contributed by atoms with Gasteiger partial charge in [-0.3, -0.25) is 0 Å². The summed E-state index contributed by atoms with van der Waals surface area (Å²) in [6, 6.07) is 14.1. The van der Waals surface area contributed by atoms with E-state index in [1.165, 1.54) is 4.31 Å². The Kier molecular flexibility index (Phi) is 5.43. The lowest BCUT2D eigenvalue weighted by molar-refractivity contribution is 0.0730. The molecular weight excluding hydrogens is 430 g/mol. The summed E-state index contributed by atoms with van der Waals surface area (Å²) in [4.78, 5) is 16.3. The maximum Gasteiger partial charge on any atom is 0.243 e. The maximum atomic E-state index is 12.8. The van der Waals surface area contributed by atoms with E-state index in [0.29, 0.717) is 43.8 Å². The average Bonchev–Trinajstić information content (AvgIpc) is 3.28. The van der Waals surface area contributed by atoms with Gasteiger partial charge in [0, 0.05) is 30.7 Å². The molecular formula is C21H21N7O3S. The van der Waals surface area contributed by atoms with E-state index in [0.717, 1.165) is 16.7 Å². The third-order valence-corrected chi connectivity index (χ3v) is 6.98. The molecule has 1 saturated heterocycles. The Hall–Kier alpha value is -3.54. The normalized spacial score (nSPS) is 15.0. The fourth-order valence-corrected chi connectivity index (χ4v) is 4.83. The molecule has 0 atom stereocenters. The largest absolute Gasteiger partial charge is 0.379 e. The minimum Gasteiger partial charge on any atom is -0.379 e. The summed E-state index contributed by atoms with van der Waals surface area (Å²) in [6.45, 7) is 1.55. The van der Waals surface area contributed by atoms with Crippen molar-refractivity contribution in [2.75, 3.05) is 36.9 Å². The van der Waals surface area contributed by atoms with Crippen LogP contribution in [-0.4, -0.2) is 59.0 Å². The molecule has 10 nitrogen and oxygen atoms in total. The molecule has 0 aliphatic carbocycles. The number of ether oxygens (including phenoxy) is 1. The van der Waals surface area contributed by atoms with Gasteiger partial charge < -0.3 is 20.4 Å². The van der Waals surface area contributed by atoms with Crippen LogP contribution in [0.5, 0.6) is 0 Å². The Labute approximate surface area is 184 Å². The van der Waals surface area contributed by atoms with E-state index in [2.05, 4.69) is 30.6 Å². The first-order valence-electron chi connectivity index (χ1n) is 10.1.